The van der Waals surface area contributed by atoms with E-state index in [0.29, 0.717) is 33.7 Å². The van der Waals surface area contributed by atoms with E-state index in [1.807, 2.05) is 36.4 Å². The predicted molar refractivity (Wildman–Crippen MR) is 102 cm³/mol. The van der Waals surface area contributed by atoms with Gasteiger partial charge in [-0.15, -0.1) is 20.4 Å². The molecule has 0 N–H and O–H groups in total. The third kappa shape index (κ3) is 3.98. The molecule has 0 bridgehead atoms. The van der Waals surface area contributed by atoms with Crippen LogP contribution in [0.5, 0.6) is 0 Å². The number of halogens is 2. The van der Waals surface area contributed by atoms with E-state index >= 15 is 0 Å². The molecule has 4 rings (SSSR count). The van der Waals surface area contributed by atoms with Crippen molar-refractivity contribution < 1.29 is 8.83 Å². The number of thioether (sulfide) groups is 1. The van der Waals surface area contributed by atoms with Crippen molar-refractivity contribution in [2.75, 3.05) is 0 Å². The maximum Gasteiger partial charge on any atom is 0.277 e. The second kappa shape index (κ2) is 7.61. The number of hydrogen-bond acceptors (Lipinski definition) is 7. The first-order valence-corrected chi connectivity index (χ1v) is 9.63. The highest BCUT2D eigenvalue weighted by atomic mass is 79.9. The quantitative estimate of drug-likeness (QED) is 0.372. The molecule has 2 aromatic heterocycles. The molecule has 0 aliphatic carbocycles. The fraction of sp³-hybridized carbons (Fsp3) is 0.0588. The van der Waals surface area contributed by atoms with Gasteiger partial charge in [0, 0.05) is 20.6 Å². The molecule has 0 atom stereocenters. The number of hydrogen-bond donors (Lipinski definition) is 0. The van der Waals surface area contributed by atoms with Gasteiger partial charge in [0.15, 0.2) is 0 Å². The van der Waals surface area contributed by atoms with Crippen molar-refractivity contribution in [2.45, 2.75) is 11.0 Å². The van der Waals surface area contributed by atoms with Gasteiger partial charge in [0.1, 0.15) is 0 Å². The second-order valence-electron chi connectivity index (χ2n) is 5.18. The largest absolute Gasteiger partial charge is 0.420 e. The summed E-state index contributed by atoms with van der Waals surface area (Å²) in [6.07, 6.45) is 0. The summed E-state index contributed by atoms with van der Waals surface area (Å²) in [4.78, 5) is 0. The van der Waals surface area contributed by atoms with E-state index in [-0.39, 0.29) is 0 Å². The Morgan fingerprint density at radius 3 is 2.15 bits per heavy atom. The van der Waals surface area contributed by atoms with E-state index < -0.39 is 0 Å². The van der Waals surface area contributed by atoms with Crippen LogP contribution >= 0.6 is 39.3 Å². The molecule has 26 heavy (non-hydrogen) atoms. The van der Waals surface area contributed by atoms with E-state index in [4.69, 9.17) is 20.4 Å². The SMILES string of the molecule is Clc1ccc(-c2nnc(CSc3nnc(-c4ccc(Br)cc4)o3)o2)cc1. The third-order valence-corrected chi connectivity index (χ3v) is 4.96. The predicted octanol–water partition coefficient (Wildman–Crippen LogP) is 5.49. The summed E-state index contributed by atoms with van der Waals surface area (Å²) in [6.45, 7) is 0. The Balaban J connectivity index is 1.42. The highest BCUT2D eigenvalue weighted by Gasteiger charge is 2.13. The van der Waals surface area contributed by atoms with Crippen molar-refractivity contribution in [2.24, 2.45) is 0 Å². The monoisotopic (exact) mass is 448 g/mol. The van der Waals surface area contributed by atoms with Crippen LogP contribution in [0.25, 0.3) is 22.9 Å². The average Bonchev–Trinajstić information content (AvgIpc) is 3.31. The molecule has 2 aromatic carbocycles. The van der Waals surface area contributed by atoms with E-state index in [1.165, 1.54) is 11.8 Å². The van der Waals surface area contributed by atoms with Crippen molar-refractivity contribution in [1.29, 1.82) is 0 Å². The van der Waals surface area contributed by atoms with Crippen LogP contribution in [0.3, 0.4) is 0 Å². The maximum atomic E-state index is 5.88. The normalized spacial score (nSPS) is 11.0. The number of benzene rings is 2. The zero-order chi connectivity index (χ0) is 17.9. The van der Waals surface area contributed by atoms with Crippen LogP contribution in [-0.2, 0) is 5.75 Å². The van der Waals surface area contributed by atoms with Gasteiger partial charge in [-0.2, -0.15) is 0 Å². The molecule has 0 saturated heterocycles. The van der Waals surface area contributed by atoms with Crippen LogP contribution in [0, 0.1) is 0 Å². The average molecular weight is 450 g/mol. The van der Waals surface area contributed by atoms with Gasteiger partial charge in [-0.1, -0.05) is 39.3 Å². The van der Waals surface area contributed by atoms with Crippen molar-refractivity contribution in [3.05, 3.63) is 63.9 Å². The van der Waals surface area contributed by atoms with Gasteiger partial charge in [0.05, 0.1) is 5.75 Å². The lowest BCUT2D eigenvalue weighted by molar-refractivity contribution is 0.464. The molecule has 2 heterocycles. The van der Waals surface area contributed by atoms with Crippen LogP contribution < -0.4 is 0 Å². The van der Waals surface area contributed by atoms with Crippen LogP contribution in [0.15, 0.2) is 67.1 Å². The molecule has 130 valence electrons. The molecular formula is C17H10BrClN4O2S. The Kier molecular flexibility index (Phi) is 5.05. The van der Waals surface area contributed by atoms with Crippen molar-refractivity contribution in [3.63, 3.8) is 0 Å². The van der Waals surface area contributed by atoms with Gasteiger partial charge in [0.25, 0.3) is 5.22 Å². The standard InChI is InChI=1S/C17H10BrClN4O2S/c18-12-5-1-10(2-6-12)16-22-23-17(25-16)26-9-14-20-21-15(24-14)11-3-7-13(19)8-4-11/h1-8H,9H2. The smallest absolute Gasteiger partial charge is 0.277 e. The fourth-order valence-corrected chi connectivity index (χ4v) is 3.11. The molecule has 0 aliphatic rings. The Bertz CT molecular complexity index is 934. The highest BCUT2D eigenvalue weighted by Crippen LogP contribution is 2.27. The number of nitrogens with zero attached hydrogens (tertiary/aromatic N) is 4. The number of aromatic nitrogens is 4. The zero-order valence-corrected chi connectivity index (χ0v) is 16.3. The topological polar surface area (TPSA) is 77.8 Å². The number of rotatable bonds is 5. The van der Waals surface area contributed by atoms with Crippen LogP contribution in [0.1, 0.15) is 5.89 Å². The van der Waals surface area contributed by atoms with Crippen LogP contribution in [0.4, 0.5) is 0 Å². The second-order valence-corrected chi connectivity index (χ2v) is 7.46. The summed E-state index contributed by atoms with van der Waals surface area (Å²) in [5.74, 6) is 1.82. The highest BCUT2D eigenvalue weighted by molar-refractivity contribution is 9.10. The summed E-state index contributed by atoms with van der Waals surface area (Å²) in [5.41, 5.74) is 1.67. The first-order chi connectivity index (χ1) is 12.7. The fourth-order valence-electron chi connectivity index (χ4n) is 2.12. The van der Waals surface area contributed by atoms with Crippen LogP contribution in [0.2, 0.25) is 5.02 Å². The van der Waals surface area contributed by atoms with Crippen LogP contribution in [-0.4, -0.2) is 20.4 Å². The van der Waals surface area contributed by atoms with Gasteiger partial charge in [-0.3, -0.25) is 0 Å². The van der Waals surface area contributed by atoms with E-state index in [2.05, 4.69) is 36.3 Å². The molecule has 0 fully saturated rings. The summed E-state index contributed by atoms with van der Waals surface area (Å²) >= 11 is 10.6. The lowest BCUT2D eigenvalue weighted by atomic mass is 10.2. The molecule has 0 amide bonds. The molecule has 0 radical (unpaired) electrons. The van der Waals surface area contributed by atoms with Crippen molar-refractivity contribution in [1.82, 2.24) is 20.4 Å². The molecule has 0 unspecified atom stereocenters. The Labute approximate surface area is 166 Å². The minimum atomic E-state index is 0.433. The summed E-state index contributed by atoms with van der Waals surface area (Å²) < 4.78 is 12.3. The molecule has 6 nitrogen and oxygen atoms in total. The van der Waals surface area contributed by atoms with E-state index in [0.717, 1.165) is 15.6 Å². The molecule has 4 aromatic rings. The minimum absolute atomic E-state index is 0.433. The van der Waals surface area contributed by atoms with Crippen molar-refractivity contribution >= 4 is 39.3 Å². The molecule has 9 heteroatoms. The first kappa shape index (κ1) is 17.3. The van der Waals surface area contributed by atoms with Gasteiger partial charge < -0.3 is 8.83 Å². The Morgan fingerprint density at radius 1 is 0.808 bits per heavy atom. The zero-order valence-electron chi connectivity index (χ0n) is 13.1. The molecule has 0 saturated carbocycles. The Morgan fingerprint density at radius 2 is 1.42 bits per heavy atom. The van der Waals surface area contributed by atoms with Crippen molar-refractivity contribution in [3.8, 4) is 22.9 Å². The van der Waals surface area contributed by atoms with Gasteiger partial charge >= 0.3 is 0 Å². The summed E-state index contributed by atoms with van der Waals surface area (Å²) in [7, 11) is 0. The van der Waals surface area contributed by atoms with Gasteiger partial charge in [-0.05, 0) is 48.5 Å². The van der Waals surface area contributed by atoms with Gasteiger partial charge in [0.2, 0.25) is 17.7 Å². The van der Waals surface area contributed by atoms with E-state index in [1.54, 1.807) is 12.1 Å². The minimum Gasteiger partial charge on any atom is -0.420 e. The van der Waals surface area contributed by atoms with E-state index in [9.17, 15) is 0 Å². The maximum absolute atomic E-state index is 5.88. The van der Waals surface area contributed by atoms with Gasteiger partial charge in [-0.25, -0.2) is 0 Å². The lowest BCUT2D eigenvalue weighted by Gasteiger charge is -1.95. The third-order valence-electron chi connectivity index (χ3n) is 3.37. The molecular weight excluding hydrogens is 440 g/mol. The molecule has 0 aliphatic heterocycles. The summed E-state index contributed by atoms with van der Waals surface area (Å²) in [5, 5.41) is 17.3. The molecule has 0 spiro atoms. The lowest BCUT2D eigenvalue weighted by Crippen LogP contribution is -1.80. The first-order valence-electron chi connectivity index (χ1n) is 7.48. The summed E-state index contributed by atoms with van der Waals surface area (Å²) in [6, 6.07) is 14.9. The Hall–Kier alpha value is -2.16.